The Kier molecular flexibility index (Phi) is 9.14. The van der Waals surface area contributed by atoms with Gasteiger partial charge in [-0.05, 0) is 157 Å². The monoisotopic (exact) mass is 560 g/mol. The van der Waals surface area contributed by atoms with Gasteiger partial charge in [-0.3, -0.25) is 19.4 Å². The van der Waals surface area contributed by atoms with Crippen molar-refractivity contribution in [3.8, 4) is 0 Å². The zero-order chi connectivity index (χ0) is 29.7. The third kappa shape index (κ3) is 6.28. The number of ether oxygens (including phenoxy) is 2. The molecule has 2 heterocycles. The van der Waals surface area contributed by atoms with Crippen LogP contribution in [-0.2, 0) is 19.1 Å². The molecule has 0 aromatic carbocycles. The molecule has 2 saturated carbocycles. The summed E-state index contributed by atoms with van der Waals surface area (Å²) in [5.41, 5.74) is -0.299. The average Bonchev–Trinajstić information content (AvgIpc) is 3.18. The Labute approximate surface area is 245 Å². The van der Waals surface area contributed by atoms with Gasteiger partial charge in [0, 0.05) is 22.2 Å². The topological polar surface area (TPSA) is 59.1 Å². The van der Waals surface area contributed by atoms with Gasteiger partial charge in [-0.25, -0.2) is 0 Å². The van der Waals surface area contributed by atoms with Crippen molar-refractivity contribution in [1.29, 1.82) is 0 Å². The molecule has 2 aliphatic heterocycles. The van der Waals surface area contributed by atoms with Gasteiger partial charge in [0.05, 0.1) is 25.0 Å². The van der Waals surface area contributed by atoms with E-state index in [1.165, 1.54) is 51.4 Å². The summed E-state index contributed by atoms with van der Waals surface area (Å²) in [5, 5.41) is 0. The smallest absolute Gasteiger partial charge is 0.310 e. The quantitative estimate of drug-likeness (QED) is 0.323. The average molecular weight is 561 g/mol. The van der Waals surface area contributed by atoms with Gasteiger partial charge in [-0.1, -0.05) is 0 Å². The molecule has 0 N–H and O–H groups in total. The van der Waals surface area contributed by atoms with E-state index in [1.54, 1.807) is 0 Å². The van der Waals surface area contributed by atoms with Gasteiger partial charge in [0.25, 0.3) is 0 Å². The predicted octanol–water partition coefficient (Wildman–Crippen LogP) is 6.70. The van der Waals surface area contributed by atoms with Crippen molar-refractivity contribution < 1.29 is 19.1 Å². The van der Waals surface area contributed by atoms with E-state index in [1.807, 2.05) is 0 Å². The maximum Gasteiger partial charge on any atom is 0.310 e. The van der Waals surface area contributed by atoms with Crippen LogP contribution in [0.3, 0.4) is 0 Å². The number of rotatable bonds is 7. The van der Waals surface area contributed by atoms with Crippen LogP contribution in [0, 0.1) is 35.5 Å². The van der Waals surface area contributed by atoms with Crippen LogP contribution in [0.15, 0.2) is 0 Å². The Hall–Kier alpha value is -1.14. The number of hydrogen-bond acceptors (Lipinski definition) is 6. The second kappa shape index (κ2) is 11.5. The van der Waals surface area contributed by atoms with Crippen molar-refractivity contribution in [1.82, 2.24) is 9.80 Å². The Morgan fingerprint density at radius 1 is 0.575 bits per heavy atom. The van der Waals surface area contributed by atoms with Gasteiger partial charge in [-0.15, -0.1) is 0 Å². The summed E-state index contributed by atoms with van der Waals surface area (Å²) >= 11 is 0. The Morgan fingerprint density at radius 3 is 1.12 bits per heavy atom. The van der Waals surface area contributed by atoms with Gasteiger partial charge >= 0.3 is 11.9 Å². The highest BCUT2D eigenvalue weighted by Gasteiger charge is 2.54. The van der Waals surface area contributed by atoms with E-state index < -0.39 is 0 Å². The van der Waals surface area contributed by atoms with Crippen LogP contribution in [0.1, 0.15) is 120 Å². The Balaban J connectivity index is 1.14. The molecule has 0 aromatic heterocycles. The molecule has 0 spiro atoms. The lowest BCUT2D eigenvalue weighted by Crippen LogP contribution is -2.48. The summed E-state index contributed by atoms with van der Waals surface area (Å²) in [7, 11) is 4.26. The number of carbonyl (C=O) groups is 2. The van der Waals surface area contributed by atoms with Crippen molar-refractivity contribution in [3.63, 3.8) is 0 Å². The summed E-state index contributed by atoms with van der Waals surface area (Å²) in [6.45, 7) is 18.8. The fourth-order valence-electron chi connectivity index (χ4n) is 8.80. The molecule has 0 radical (unpaired) electrons. The van der Waals surface area contributed by atoms with Crippen LogP contribution in [0.4, 0.5) is 0 Å². The molecule has 40 heavy (non-hydrogen) atoms. The molecule has 2 aliphatic carbocycles. The molecule has 2 unspecified atom stereocenters. The molecule has 4 rings (SSSR count). The highest BCUT2D eigenvalue weighted by molar-refractivity contribution is 5.75. The number of carbonyl (C=O) groups excluding carboxylic acids is 2. The Morgan fingerprint density at radius 2 is 0.875 bits per heavy atom. The normalized spacial score (nSPS) is 37.2. The molecule has 6 heteroatoms. The van der Waals surface area contributed by atoms with Gasteiger partial charge in [-0.2, -0.15) is 0 Å². The fourth-order valence-corrected chi connectivity index (χ4v) is 8.80. The largest absolute Gasteiger partial charge is 0.465 e. The maximum atomic E-state index is 13.0. The lowest BCUT2D eigenvalue weighted by atomic mass is 9.69. The molecule has 0 amide bonds. The minimum Gasteiger partial charge on any atom is -0.465 e. The van der Waals surface area contributed by atoms with Crippen LogP contribution in [0.2, 0.25) is 0 Å². The third-order valence-corrected chi connectivity index (χ3v) is 12.6. The highest BCUT2D eigenvalue weighted by Crippen LogP contribution is 2.46. The predicted molar refractivity (Wildman–Crippen MR) is 161 cm³/mol. The fraction of sp³-hybridized carbons (Fsp3) is 0.941. The third-order valence-electron chi connectivity index (χ3n) is 12.6. The summed E-state index contributed by atoms with van der Waals surface area (Å²) in [4.78, 5) is 30.8. The molecule has 0 bridgehead atoms. The molecular formula is C34H60N2O4. The van der Waals surface area contributed by atoms with Crippen molar-refractivity contribution in [2.75, 3.05) is 27.3 Å². The van der Waals surface area contributed by atoms with Crippen LogP contribution in [0.5, 0.6) is 0 Å². The molecule has 2 saturated heterocycles. The first-order valence-corrected chi connectivity index (χ1v) is 16.3. The summed E-state index contributed by atoms with van der Waals surface area (Å²) < 4.78 is 11.9. The molecule has 230 valence electrons. The van der Waals surface area contributed by atoms with Gasteiger partial charge in [0.1, 0.15) is 0 Å². The van der Waals surface area contributed by atoms with Crippen molar-refractivity contribution in [2.45, 2.75) is 142 Å². The minimum absolute atomic E-state index is 0.00389. The van der Waals surface area contributed by atoms with Gasteiger partial charge in [0.15, 0.2) is 0 Å². The lowest BCUT2D eigenvalue weighted by molar-refractivity contribution is -0.154. The van der Waals surface area contributed by atoms with E-state index in [4.69, 9.17) is 9.47 Å². The lowest BCUT2D eigenvalue weighted by Gasteiger charge is -2.39. The molecular weight excluding hydrogens is 500 g/mol. The molecule has 2 atom stereocenters. The van der Waals surface area contributed by atoms with E-state index in [0.29, 0.717) is 25.0 Å². The minimum atomic E-state index is -0.170. The standard InChI is InChI=1S/C34H60N2O4/c1-31(2)19-27(33(5,6)35(31)9)29(37)39-21-23-11-15-25(16-12-23)26-17-13-24(14-18-26)22-40-30(38)28-20-32(3,4)36(10)34(28,7)8/h23-28H,11-22H2,1-10H3. The molecule has 6 nitrogen and oxygen atoms in total. The molecule has 0 aromatic rings. The Bertz CT molecular complexity index is 835. The van der Waals surface area contributed by atoms with Crippen LogP contribution < -0.4 is 0 Å². The van der Waals surface area contributed by atoms with E-state index in [2.05, 4.69) is 79.3 Å². The van der Waals surface area contributed by atoms with E-state index in [9.17, 15) is 9.59 Å². The van der Waals surface area contributed by atoms with E-state index in [-0.39, 0.29) is 45.9 Å². The van der Waals surface area contributed by atoms with Crippen LogP contribution >= 0.6 is 0 Å². The summed E-state index contributed by atoms with van der Waals surface area (Å²) in [6, 6.07) is 0. The second-order valence-corrected chi connectivity index (χ2v) is 16.4. The van der Waals surface area contributed by atoms with Gasteiger partial charge in [0.2, 0.25) is 0 Å². The van der Waals surface area contributed by atoms with Crippen LogP contribution in [-0.4, -0.2) is 71.2 Å². The first-order valence-electron chi connectivity index (χ1n) is 16.3. The number of hydrogen-bond donors (Lipinski definition) is 0. The maximum absolute atomic E-state index is 13.0. The SMILES string of the molecule is CN1C(C)(C)CC(C(=O)OCC2CCC(C3CCC(COC(=O)C4CC(C)(C)N(C)C4(C)C)CC3)CC2)C1(C)C. The zero-order valence-corrected chi connectivity index (χ0v) is 27.5. The van der Waals surface area contributed by atoms with Crippen LogP contribution in [0.25, 0.3) is 0 Å². The highest BCUT2D eigenvalue weighted by atomic mass is 16.5. The summed E-state index contributed by atoms with van der Waals surface area (Å²) in [5.74, 6) is 2.50. The molecule has 4 fully saturated rings. The first kappa shape index (κ1) is 31.8. The van der Waals surface area contributed by atoms with Crippen molar-refractivity contribution in [3.05, 3.63) is 0 Å². The summed E-state index contributed by atoms with van der Waals surface area (Å²) in [6.07, 6.45) is 11.5. The van der Waals surface area contributed by atoms with Crippen molar-refractivity contribution >= 4 is 11.9 Å². The van der Waals surface area contributed by atoms with E-state index in [0.717, 1.165) is 24.7 Å². The zero-order valence-electron chi connectivity index (χ0n) is 27.5. The number of esters is 2. The second-order valence-electron chi connectivity index (χ2n) is 16.4. The first-order chi connectivity index (χ1) is 18.5. The number of likely N-dealkylation sites (tertiary alicyclic amines) is 2. The molecule has 4 aliphatic rings. The number of nitrogens with zero attached hydrogens (tertiary/aromatic N) is 2. The van der Waals surface area contributed by atoms with E-state index >= 15 is 0 Å². The van der Waals surface area contributed by atoms with Crippen molar-refractivity contribution in [2.24, 2.45) is 35.5 Å². The van der Waals surface area contributed by atoms with Gasteiger partial charge < -0.3 is 9.47 Å².